The maximum absolute atomic E-state index is 14.5. The van der Waals surface area contributed by atoms with Crippen LogP contribution in [0, 0.1) is 37.3 Å². The number of halogens is 4. The zero-order valence-electron chi connectivity index (χ0n) is 22.8. The summed E-state index contributed by atoms with van der Waals surface area (Å²) in [4.78, 5) is 20.4. The molecule has 40 heavy (non-hydrogen) atoms. The second-order valence-electron chi connectivity index (χ2n) is 11.1. The van der Waals surface area contributed by atoms with Crippen molar-refractivity contribution in [2.24, 2.45) is 11.8 Å². The largest absolute Gasteiger partial charge is 0.342 e. The van der Waals surface area contributed by atoms with Crippen molar-refractivity contribution in [3.05, 3.63) is 75.8 Å². The summed E-state index contributed by atoms with van der Waals surface area (Å²) in [6.45, 7) is 4.75. The topological polar surface area (TPSA) is 63.1 Å². The number of rotatable bonds is 8. The minimum atomic E-state index is -0.622. The summed E-state index contributed by atoms with van der Waals surface area (Å²) in [7, 11) is 0. The SMILES string of the molecule is Cc1nc(C2CCN(C(=O)[C@@H]3CC(NCCF)CC3Cc3ccc(F)cc3F)CC2)n(-c2ccc(Cl)c(C)c2)n1. The number of carbonyl (C=O) groups excluding carboxylic acids is 1. The maximum Gasteiger partial charge on any atom is 0.226 e. The average Bonchev–Trinajstić information content (AvgIpc) is 3.53. The Kier molecular flexibility index (Phi) is 8.80. The molecule has 1 aromatic heterocycles. The molecule has 2 aromatic carbocycles. The number of hydrogen-bond acceptors (Lipinski definition) is 4. The van der Waals surface area contributed by atoms with Crippen LogP contribution in [0.5, 0.6) is 0 Å². The maximum atomic E-state index is 14.5. The summed E-state index contributed by atoms with van der Waals surface area (Å²) in [5.41, 5.74) is 2.27. The molecule has 0 radical (unpaired) electrons. The second kappa shape index (κ2) is 12.3. The predicted octanol–water partition coefficient (Wildman–Crippen LogP) is 5.72. The Labute approximate surface area is 237 Å². The molecule has 2 aliphatic rings. The summed E-state index contributed by atoms with van der Waals surface area (Å²) in [6.07, 6.45) is 3.08. The number of piperidine rings is 1. The van der Waals surface area contributed by atoms with E-state index in [1.165, 1.54) is 12.1 Å². The van der Waals surface area contributed by atoms with Gasteiger partial charge < -0.3 is 10.2 Å². The lowest BCUT2D eigenvalue weighted by Crippen LogP contribution is -2.43. The fourth-order valence-corrected chi connectivity index (χ4v) is 6.40. The molecule has 0 spiro atoms. The van der Waals surface area contributed by atoms with Gasteiger partial charge in [0.2, 0.25) is 5.91 Å². The quantitative estimate of drug-likeness (QED) is 0.374. The minimum Gasteiger partial charge on any atom is -0.342 e. The van der Waals surface area contributed by atoms with Gasteiger partial charge in [0.25, 0.3) is 0 Å². The molecule has 1 aliphatic heterocycles. The molecule has 2 fully saturated rings. The summed E-state index contributed by atoms with van der Waals surface area (Å²) >= 11 is 6.23. The molecule has 214 valence electrons. The molecule has 0 bridgehead atoms. The average molecular weight is 574 g/mol. The molecule has 6 nitrogen and oxygen atoms in total. The van der Waals surface area contributed by atoms with E-state index in [4.69, 9.17) is 16.6 Å². The van der Waals surface area contributed by atoms with Crippen molar-refractivity contribution in [3.8, 4) is 5.69 Å². The molecule has 2 unspecified atom stereocenters. The predicted molar refractivity (Wildman–Crippen MR) is 148 cm³/mol. The third-order valence-corrected chi connectivity index (χ3v) is 8.76. The van der Waals surface area contributed by atoms with Gasteiger partial charge in [0.15, 0.2) is 0 Å². The van der Waals surface area contributed by atoms with Gasteiger partial charge >= 0.3 is 0 Å². The third-order valence-electron chi connectivity index (χ3n) is 8.33. The van der Waals surface area contributed by atoms with Crippen LogP contribution in [-0.4, -0.2) is 57.9 Å². The Morgan fingerprint density at radius 1 is 1.10 bits per heavy atom. The number of likely N-dealkylation sites (tertiary alicyclic amines) is 1. The number of amides is 1. The van der Waals surface area contributed by atoms with Crippen LogP contribution in [0.4, 0.5) is 13.2 Å². The Bertz CT molecular complexity index is 1360. The van der Waals surface area contributed by atoms with Crippen LogP contribution in [0.15, 0.2) is 36.4 Å². The number of hydrogen-bond donors (Lipinski definition) is 1. The highest BCUT2D eigenvalue weighted by Gasteiger charge is 2.41. The normalized spacial score (nSPS) is 21.8. The molecule has 1 aliphatic carbocycles. The van der Waals surface area contributed by atoms with E-state index >= 15 is 0 Å². The first-order valence-corrected chi connectivity index (χ1v) is 14.3. The standard InChI is InChI=1S/C30H35ClF3N5O/c1-18-13-25(5-6-27(18)31)39-29(36-19(2)37-39)20-7-11-38(12-8-20)30(40)26-17-24(35-10-9-32)15-22(26)14-21-3-4-23(33)16-28(21)34/h3-6,13,16,20,22,24,26,35H,7-12,14-15,17H2,1-2H3/t22?,24?,26-/m1/s1. The molecular formula is C30H35ClF3N5O. The molecule has 1 saturated carbocycles. The lowest BCUT2D eigenvalue weighted by molar-refractivity contribution is -0.137. The molecule has 2 heterocycles. The highest BCUT2D eigenvalue weighted by atomic mass is 35.5. The first-order chi connectivity index (χ1) is 19.2. The molecule has 3 aromatic rings. The van der Waals surface area contributed by atoms with Gasteiger partial charge in [-0.1, -0.05) is 17.7 Å². The Balaban J connectivity index is 1.28. The van der Waals surface area contributed by atoms with Crippen molar-refractivity contribution in [1.29, 1.82) is 0 Å². The van der Waals surface area contributed by atoms with E-state index in [1.807, 2.05) is 41.6 Å². The van der Waals surface area contributed by atoms with Crippen LogP contribution in [-0.2, 0) is 11.2 Å². The van der Waals surface area contributed by atoms with Gasteiger partial charge in [0.05, 0.1) is 5.69 Å². The highest BCUT2D eigenvalue weighted by molar-refractivity contribution is 6.31. The van der Waals surface area contributed by atoms with E-state index in [-0.39, 0.29) is 36.2 Å². The third kappa shape index (κ3) is 6.20. The van der Waals surface area contributed by atoms with Crippen molar-refractivity contribution >= 4 is 17.5 Å². The Hall–Kier alpha value is -2.91. The monoisotopic (exact) mass is 573 g/mol. The van der Waals surface area contributed by atoms with Crippen LogP contribution in [0.3, 0.4) is 0 Å². The van der Waals surface area contributed by atoms with E-state index in [2.05, 4.69) is 10.4 Å². The first kappa shape index (κ1) is 28.6. The van der Waals surface area contributed by atoms with Crippen LogP contribution in [0.2, 0.25) is 5.02 Å². The number of benzene rings is 2. The summed E-state index contributed by atoms with van der Waals surface area (Å²) in [5, 5.41) is 8.52. The lowest BCUT2D eigenvalue weighted by Gasteiger charge is -2.34. The van der Waals surface area contributed by atoms with E-state index in [9.17, 15) is 18.0 Å². The van der Waals surface area contributed by atoms with E-state index in [1.54, 1.807) is 0 Å². The number of nitrogens with one attached hydrogen (secondary N) is 1. The van der Waals surface area contributed by atoms with Gasteiger partial charge in [-0.15, -0.1) is 0 Å². The van der Waals surface area contributed by atoms with Crippen molar-refractivity contribution in [3.63, 3.8) is 0 Å². The van der Waals surface area contributed by atoms with E-state index in [0.29, 0.717) is 48.8 Å². The van der Waals surface area contributed by atoms with Gasteiger partial charge in [-0.25, -0.2) is 22.8 Å². The van der Waals surface area contributed by atoms with Crippen molar-refractivity contribution in [2.45, 2.75) is 57.9 Å². The summed E-state index contributed by atoms with van der Waals surface area (Å²) in [5.74, 6) is 0.143. The Morgan fingerprint density at radius 2 is 1.88 bits per heavy atom. The molecule has 10 heteroatoms. The van der Waals surface area contributed by atoms with Crippen LogP contribution >= 0.6 is 11.6 Å². The van der Waals surface area contributed by atoms with Crippen molar-refractivity contribution < 1.29 is 18.0 Å². The molecule has 1 saturated heterocycles. The molecule has 1 amide bonds. The van der Waals surface area contributed by atoms with Gasteiger partial charge in [0.1, 0.15) is 30.0 Å². The number of carbonyl (C=O) groups is 1. The van der Waals surface area contributed by atoms with Crippen LogP contribution < -0.4 is 5.32 Å². The van der Waals surface area contributed by atoms with E-state index < -0.39 is 18.3 Å². The van der Waals surface area contributed by atoms with Gasteiger partial charge in [-0.2, -0.15) is 5.10 Å². The summed E-state index contributed by atoms with van der Waals surface area (Å²) in [6, 6.07) is 9.37. The minimum absolute atomic E-state index is 0.0138. The fourth-order valence-electron chi connectivity index (χ4n) is 6.29. The van der Waals surface area contributed by atoms with Crippen molar-refractivity contribution in [2.75, 3.05) is 26.3 Å². The molecule has 1 N–H and O–H groups in total. The lowest BCUT2D eigenvalue weighted by atomic mass is 9.87. The fraction of sp³-hybridized carbons (Fsp3) is 0.500. The van der Waals surface area contributed by atoms with Gasteiger partial charge in [-0.05, 0) is 87.3 Å². The van der Waals surface area contributed by atoms with Crippen LogP contribution in [0.25, 0.3) is 5.69 Å². The van der Waals surface area contributed by atoms with Gasteiger partial charge in [0, 0.05) is 48.6 Å². The zero-order valence-corrected chi connectivity index (χ0v) is 23.6. The number of aromatic nitrogens is 3. The highest BCUT2D eigenvalue weighted by Crippen LogP contribution is 2.38. The summed E-state index contributed by atoms with van der Waals surface area (Å²) < 4.78 is 42.7. The zero-order chi connectivity index (χ0) is 28.4. The molecule has 3 atom stereocenters. The van der Waals surface area contributed by atoms with Crippen LogP contribution in [0.1, 0.15) is 54.4 Å². The van der Waals surface area contributed by atoms with E-state index in [0.717, 1.165) is 36.0 Å². The van der Waals surface area contributed by atoms with Crippen molar-refractivity contribution in [1.82, 2.24) is 25.0 Å². The number of alkyl halides is 1. The first-order valence-electron chi connectivity index (χ1n) is 14.0. The smallest absolute Gasteiger partial charge is 0.226 e. The number of nitrogens with zero attached hydrogens (tertiary/aromatic N) is 4. The number of aryl methyl sites for hydroxylation is 2. The van der Waals surface area contributed by atoms with Gasteiger partial charge in [-0.3, -0.25) is 4.79 Å². The molecule has 5 rings (SSSR count). The Morgan fingerprint density at radius 3 is 2.58 bits per heavy atom. The molecular weight excluding hydrogens is 539 g/mol. The second-order valence-corrected chi connectivity index (χ2v) is 11.5.